The Balaban J connectivity index is 1.35. The van der Waals surface area contributed by atoms with Crippen LogP contribution in [-0.2, 0) is 23.1 Å². The number of nitrogens with two attached hydrogens (primary N) is 1. The Labute approximate surface area is 250 Å². The van der Waals surface area contributed by atoms with Crippen molar-refractivity contribution in [1.82, 2.24) is 20.3 Å². The minimum atomic E-state index is -3.63. The van der Waals surface area contributed by atoms with Crippen LogP contribution in [0.2, 0.25) is 0 Å². The molecule has 0 aliphatic heterocycles. The van der Waals surface area contributed by atoms with Crippen molar-refractivity contribution in [2.75, 3.05) is 21.5 Å². The van der Waals surface area contributed by atoms with Crippen molar-refractivity contribution in [2.45, 2.75) is 26.4 Å². The lowest BCUT2D eigenvalue weighted by Crippen LogP contribution is -2.25. The molecule has 0 saturated heterocycles. The smallest absolute Gasteiger partial charge is 0.255 e. The molecule has 0 fully saturated rings. The van der Waals surface area contributed by atoms with Crippen molar-refractivity contribution in [3.63, 3.8) is 0 Å². The molecule has 0 saturated carbocycles. The largest absolute Gasteiger partial charge is 0.383 e. The lowest BCUT2D eigenvalue weighted by atomic mass is 10.1. The van der Waals surface area contributed by atoms with Crippen LogP contribution in [0, 0.1) is 11.6 Å². The maximum absolute atomic E-state index is 13.6. The molecule has 14 heteroatoms. The van der Waals surface area contributed by atoms with Gasteiger partial charge in [-0.15, -0.1) is 11.3 Å². The fourth-order valence-corrected chi connectivity index (χ4v) is 6.34. The third-order valence-electron chi connectivity index (χ3n) is 6.36. The first kappa shape index (κ1) is 29.8. The first-order valence-electron chi connectivity index (χ1n) is 13.2. The molecule has 2 aromatic carbocycles. The number of sulfonamides is 1. The number of nitrogens with one attached hydrogen (secondary N) is 3. The van der Waals surface area contributed by atoms with Crippen LogP contribution in [0.1, 0.15) is 34.1 Å². The van der Waals surface area contributed by atoms with E-state index in [1.807, 2.05) is 30.3 Å². The first-order chi connectivity index (χ1) is 20.6. The summed E-state index contributed by atoms with van der Waals surface area (Å²) >= 11 is 1.53. The fourth-order valence-electron chi connectivity index (χ4n) is 4.29. The summed E-state index contributed by atoms with van der Waals surface area (Å²) in [5.41, 5.74) is 8.25. The van der Waals surface area contributed by atoms with Gasteiger partial charge in [0.2, 0.25) is 10.0 Å². The van der Waals surface area contributed by atoms with Gasteiger partial charge in [0.25, 0.3) is 5.91 Å². The summed E-state index contributed by atoms with van der Waals surface area (Å²) < 4.78 is 54.0. The number of fused-ring (bicyclic) bond motifs is 1. The predicted molar refractivity (Wildman–Crippen MR) is 164 cm³/mol. The van der Waals surface area contributed by atoms with E-state index in [-0.39, 0.29) is 29.4 Å². The van der Waals surface area contributed by atoms with Gasteiger partial charge in [-0.1, -0.05) is 19.1 Å². The molecule has 5 aromatic rings. The number of hydrogen-bond donors (Lipinski definition) is 4. The van der Waals surface area contributed by atoms with Crippen LogP contribution in [0.25, 0.3) is 21.3 Å². The van der Waals surface area contributed by atoms with Crippen LogP contribution in [0.15, 0.2) is 67.1 Å². The summed E-state index contributed by atoms with van der Waals surface area (Å²) in [6.07, 6.45) is 3.15. The van der Waals surface area contributed by atoms with Crippen LogP contribution < -0.4 is 21.1 Å². The quantitative estimate of drug-likeness (QED) is 0.155. The van der Waals surface area contributed by atoms with E-state index in [4.69, 9.17) is 5.73 Å². The van der Waals surface area contributed by atoms with Crippen molar-refractivity contribution in [1.29, 1.82) is 0 Å². The second kappa shape index (κ2) is 12.7. The van der Waals surface area contributed by atoms with E-state index in [0.29, 0.717) is 24.3 Å². The first-order valence-corrected chi connectivity index (χ1v) is 15.6. The number of anilines is 3. The van der Waals surface area contributed by atoms with Crippen LogP contribution >= 0.6 is 11.3 Å². The number of nitrogen functional groups attached to an aromatic ring is 1. The lowest BCUT2D eigenvalue weighted by Gasteiger charge is -2.14. The highest BCUT2D eigenvalue weighted by atomic mass is 32.2. The Bertz CT molecular complexity index is 1920. The van der Waals surface area contributed by atoms with E-state index in [1.165, 1.54) is 36.0 Å². The Kier molecular flexibility index (Phi) is 8.78. The molecule has 0 radical (unpaired) electrons. The van der Waals surface area contributed by atoms with E-state index in [1.54, 1.807) is 6.92 Å². The molecule has 43 heavy (non-hydrogen) atoms. The number of thiophene rings is 1. The molecule has 0 unspecified atom stereocenters. The molecule has 10 nitrogen and oxygen atoms in total. The summed E-state index contributed by atoms with van der Waals surface area (Å²) in [6.45, 7) is 1.97. The summed E-state index contributed by atoms with van der Waals surface area (Å²) in [5.74, 6) is -2.09. The molecular formula is C29H27F2N7O3S2. The van der Waals surface area contributed by atoms with E-state index in [0.717, 1.165) is 38.4 Å². The number of carbonyl (C=O) groups excluding carboxylic acids is 1. The zero-order chi connectivity index (χ0) is 30.6. The van der Waals surface area contributed by atoms with Gasteiger partial charge in [-0.05, 0) is 60.0 Å². The number of rotatable bonds is 11. The molecule has 0 aliphatic carbocycles. The molecular weight excluding hydrogens is 596 g/mol. The van der Waals surface area contributed by atoms with Crippen molar-refractivity contribution >= 4 is 55.5 Å². The molecule has 3 aromatic heterocycles. The summed E-state index contributed by atoms with van der Waals surface area (Å²) in [6, 6.07) is 14.4. The summed E-state index contributed by atoms with van der Waals surface area (Å²) in [7, 11) is -3.63. The molecule has 5 rings (SSSR count). The van der Waals surface area contributed by atoms with Crippen molar-refractivity contribution in [3.8, 4) is 10.4 Å². The van der Waals surface area contributed by atoms with Gasteiger partial charge < -0.3 is 16.4 Å². The topological polar surface area (TPSA) is 152 Å². The van der Waals surface area contributed by atoms with Gasteiger partial charge in [0.1, 0.15) is 18.0 Å². The van der Waals surface area contributed by atoms with Crippen molar-refractivity contribution < 1.29 is 22.0 Å². The number of aromatic nitrogens is 3. The Hall–Kier alpha value is -4.69. The fraction of sp³-hybridized carbons (Fsp3) is 0.172. The van der Waals surface area contributed by atoms with Gasteiger partial charge in [0, 0.05) is 21.7 Å². The van der Waals surface area contributed by atoms with Gasteiger partial charge >= 0.3 is 0 Å². The number of benzene rings is 2. The maximum Gasteiger partial charge on any atom is 0.255 e. The van der Waals surface area contributed by atoms with Gasteiger partial charge in [-0.3, -0.25) is 9.52 Å². The Morgan fingerprint density at radius 1 is 0.977 bits per heavy atom. The number of pyridine rings is 1. The van der Waals surface area contributed by atoms with Crippen molar-refractivity contribution in [3.05, 3.63) is 94.8 Å². The number of hydrogen-bond acceptors (Lipinski definition) is 9. The molecule has 0 spiro atoms. The van der Waals surface area contributed by atoms with Crippen LogP contribution in [0.5, 0.6) is 0 Å². The van der Waals surface area contributed by atoms with Gasteiger partial charge in [-0.25, -0.2) is 32.2 Å². The number of carbonyl (C=O) groups is 1. The van der Waals surface area contributed by atoms with E-state index >= 15 is 0 Å². The zero-order valence-electron chi connectivity index (χ0n) is 22.9. The SMILES string of the molecule is CCCS(=O)(=O)Nc1cnc(NCc2ccc(-c3ccc4ncnc(N)c4c3)s2)c(C(=O)NCc2ccc(F)c(F)c2)c1. The van der Waals surface area contributed by atoms with Crippen LogP contribution in [0.3, 0.4) is 0 Å². The van der Waals surface area contributed by atoms with E-state index < -0.39 is 27.6 Å². The highest BCUT2D eigenvalue weighted by molar-refractivity contribution is 7.92. The average Bonchev–Trinajstić information content (AvgIpc) is 3.46. The zero-order valence-corrected chi connectivity index (χ0v) is 24.5. The third kappa shape index (κ3) is 7.21. The summed E-state index contributed by atoms with van der Waals surface area (Å²) in [5, 5.41) is 6.57. The Morgan fingerprint density at radius 3 is 2.60 bits per heavy atom. The number of nitrogens with zero attached hydrogens (tertiary/aromatic N) is 3. The van der Waals surface area contributed by atoms with Gasteiger partial charge in [0.15, 0.2) is 11.6 Å². The van der Waals surface area contributed by atoms with E-state index in [9.17, 15) is 22.0 Å². The average molecular weight is 624 g/mol. The number of halogens is 2. The standard InChI is InChI=1S/C29H27F2N7O3S2/c1-2-9-43(40,41)38-19-12-22(29(39)35-13-17-3-6-23(30)24(31)10-17)28(33-14-19)34-15-20-5-8-26(42-20)18-4-7-25-21(11-18)27(32)37-16-36-25/h3-8,10-12,14,16,38H,2,9,13,15H2,1H3,(H,33,34)(H,35,39)(H2,32,36,37). The minimum absolute atomic E-state index is 0.0704. The van der Waals surface area contributed by atoms with Crippen molar-refractivity contribution in [2.24, 2.45) is 0 Å². The summed E-state index contributed by atoms with van der Waals surface area (Å²) in [4.78, 5) is 27.7. The normalized spacial score (nSPS) is 11.4. The van der Waals surface area contributed by atoms with Crippen LogP contribution in [-0.4, -0.2) is 35.0 Å². The van der Waals surface area contributed by atoms with Crippen LogP contribution in [0.4, 0.5) is 26.1 Å². The second-order valence-electron chi connectivity index (χ2n) is 9.58. The monoisotopic (exact) mass is 623 g/mol. The molecule has 5 N–H and O–H groups in total. The van der Waals surface area contributed by atoms with E-state index in [2.05, 4.69) is 30.3 Å². The molecule has 0 aliphatic rings. The minimum Gasteiger partial charge on any atom is -0.383 e. The third-order valence-corrected chi connectivity index (χ3v) is 8.98. The molecule has 222 valence electrons. The maximum atomic E-state index is 13.6. The highest BCUT2D eigenvalue weighted by Crippen LogP contribution is 2.32. The predicted octanol–water partition coefficient (Wildman–Crippen LogP) is 5.31. The lowest BCUT2D eigenvalue weighted by molar-refractivity contribution is 0.0951. The Morgan fingerprint density at radius 2 is 1.81 bits per heavy atom. The second-order valence-corrected chi connectivity index (χ2v) is 12.6. The molecule has 1 amide bonds. The van der Waals surface area contributed by atoms with Gasteiger partial charge in [-0.2, -0.15) is 0 Å². The molecule has 0 atom stereocenters. The number of amides is 1. The highest BCUT2D eigenvalue weighted by Gasteiger charge is 2.17. The molecule has 0 bridgehead atoms. The molecule has 3 heterocycles. The van der Waals surface area contributed by atoms with Gasteiger partial charge in [0.05, 0.1) is 35.3 Å².